The summed E-state index contributed by atoms with van der Waals surface area (Å²) in [5.74, 6) is 1.44. The van der Waals surface area contributed by atoms with Crippen molar-refractivity contribution in [1.82, 2.24) is 14.9 Å². The zero-order valence-corrected chi connectivity index (χ0v) is 15.0. The number of aromatic nitrogens is 2. The molecular weight excluding hydrogens is 334 g/mol. The highest BCUT2D eigenvalue weighted by Crippen LogP contribution is 2.32. The maximum Gasteiger partial charge on any atom is 0.274 e. The number of ether oxygens (including phenoxy) is 2. The fourth-order valence-electron chi connectivity index (χ4n) is 2.48. The van der Waals surface area contributed by atoms with Crippen LogP contribution in [-0.4, -0.2) is 61.2 Å². The summed E-state index contributed by atoms with van der Waals surface area (Å²) in [6.07, 6.45) is 2.53. The molecular formula is C18H23N5O3. The summed E-state index contributed by atoms with van der Waals surface area (Å²) in [5, 5.41) is 5.95. The molecule has 0 bridgehead atoms. The molecule has 1 aliphatic rings. The van der Waals surface area contributed by atoms with E-state index in [2.05, 4.69) is 25.5 Å². The zero-order valence-electron chi connectivity index (χ0n) is 15.0. The number of hydrogen-bond donors (Lipinski definition) is 2. The molecule has 0 saturated heterocycles. The van der Waals surface area contributed by atoms with E-state index >= 15 is 0 Å². The maximum atomic E-state index is 12.4. The number of carbonyl (C=O) groups excluding carboxylic acids is 1. The van der Waals surface area contributed by atoms with Crippen molar-refractivity contribution in [2.45, 2.75) is 6.42 Å². The molecule has 1 aromatic heterocycles. The highest BCUT2D eigenvalue weighted by Gasteiger charge is 2.14. The molecule has 3 rings (SSSR count). The minimum Gasteiger partial charge on any atom is -0.486 e. The number of fused-ring (bicyclic) bond motifs is 1. The minimum atomic E-state index is -0.305. The lowest BCUT2D eigenvalue weighted by atomic mass is 10.2. The smallest absolute Gasteiger partial charge is 0.274 e. The number of hydrogen-bond acceptors (Lipinski definition) is 7. The molecule has 2 heterocycles. The lowest BCUT2D eigenvalue weighted by Gasteiger charge is -2.19. The Morgan fingerprint density at radius 1 is 1.19 bits per heavy atom. The maximum absolute atomic E-state index is 12.4. The van der Waals surface area contributed by atoms with Gasteiger partial charge in [0.25, 0.3) is 5.91 Å². The Bertz CT molecular complexity index is 766. The minimum absolute atomic E-state index is 0.296. The molecule has 138 valence electrons. The van der Waals surface area contributed by atoms with Gasteiger partial charge in [0.2, 0.25) is 5.95 Å². The number of rotatable bonds is 7. The predicted octanol–water partition coefficient (Wildman–Crippen LogP) is 1.86. The summed E-state index contributed by atoms with van der Waals surface area (Å²) < 4.78 is 11.0. The van der Waals surface area contributed by atoms with Gasteiger partial charge in [-0.2, -0.15) is 0 Å². The van der Waals surface area contributed by atoms with Crippen LogP contribution in [0.15, 0.2) is 30.5 Å². The molecule has 0 saturated carbocycles. The topological polar surface area (TPSA) is 88.6 Å². The first-order valence-electron chi connectivity index (χ1n) is 8.54. The summed E-state index contributed by atoms with van der Waals surface area (Å²) in [4.78, 5) is 23.0. The number of nitrogens with zero attached hydrogens (tertiary/aromatic N) is 3. The van der Waals surface area contributed by atoms with E-state index in [1.165, 1.54) is 0 Å². The molecule has 0 fully saturated rings. The van der Waals surface area contributed by atoms with Crippen LogP contribution >= 0.6 is 0 Å². The molecule has 2 N–H and O–H groups in total. The van der Waals surface area contributed by atoms with E-state index in [9.17, 15) is 4.79 Å². The first kappa shape index (κ1) is 17.9. The van der Waals surface area contributed by atoms with Crippen molar-refractivity contribution in [2.24, 2.45) is 0 Å². The van der Waals surface area contributed by atoms with E-state index in [0.29, 0.717) is 42.0 Å². The van der Waals surface area contributed by atoms with Crippen molar-refractivity contribution in [2.75, 3.05) is 51.0 Å². The third-order valence-corrected chi connectivity index (χ3v) is 3.75. The number of nitrogens with one attached hydrogen (secondary N) is 2. The predicted molar refractivity (Wildman–Crippen MR) is 99.1 cm³/mol. The number of anilines is 2. The summed E-state index contributed by atoms with van der Waals surface area (Å²) in [5.41, 5.74) is 0.920. The van der Waals surface area contributed by atoms with Crippen LogP contribution in [0.3, 0.4) is 0 Å². The van der Waals surface area contributed by atoms with Crippen molar-refractivity contribution in [1.29, 1.82) is 0 Å². The monoisotopic (exact) mass is 357 g/mol. The van der Waals surface area contributed by atoms with Crippen LogP contribution in [0.1, 0.15) is 16.9 Å². The Morgan fingerprint density at radius 2 is 2.00 bits per heavy atom. The number of carbonyl (C=O) groups is 1. The van der Waals surface area contributed by atoms with Crippen molar-refractivity contribution in [3.63, 3.8) is 0 Å². The van der Waals surface area contributed by atoms with Crippen LogP contribution < -0.4 is 20.1 Å². The van der Waals surface area contributed by atoms with Crippen molar-refractivity contribution in [3.8, 4) is 11.5 Å². The molecule has 26 heavy (non-hydrogen) atoms. The molecule has 0 aliphatic carbocycles. The van der Waals surface area contributed by atoms with Crippen LogP contribution in [0.2, 0.25) is 0 Å². The Kier molecular flexibility index (Phi) is 5.85. The van der Waals surface area contributed by atoms with Crippen LogP contribution in [0.5, 0.6) is 11.5 Å². The largest absolute Gasteiger partial charge is 0.486 e. The second-order valence-corrected chi connectivity index (χ2v) is 6.16. The van der Waals surface area contributed by atoms with Crippen LogP contribution in [0.4, 0.5) is 11.6 Å². The summed E-state index contributed by atoms with van der Waals surface area (Å²) in [6, 6.07) is 6.88. The van der Waals surface area contributed by atoms with Gasteiger partial charge in [-0.15, -0.1) is 0 Å². The van der Waals surface area contributed by atoms with E-state index in [1.54, 1.807) is 30.5 Å². The van der Waals surface area contributed by atoms with E-state index < -0.39 is 0 Å². The van der Waals surface area contributed by atoms with Gasteiger partial charge in [0.15, 0.2) is 11.5 Å². The Hall–Kier alpha value is -2.87. The number of benzene rings is 1. The fourth-order valence-corrected chi connectivity index (χ4v) is 2.48. The summed E-state index contributed by atoms with van der Waals surface area (Å²) in [6.45, 7) is 2.74. The molecule has 1 aromatic carbocycles. The second-order valence-electron chi connectivity index (χ2n) is 6.16. The molecule has 0 unspecified atom stereocenters. The quantitative estimate of drug-likeness (QED) is 0.731. The molecule has 0 spiro atoms. The first-order valence-corrected chi connectivity index (χ1v) is 8.54. The summed E-state index contributed by atoms with van der Waals surface area (Å²) in [7, 11) is 4.05. The molecule has 8 nitrogen and oxygen atoms in total. The first-order chi connectivity index (χ1) is 12.6. The third kappa shape index (κ3) is 4.82. The molecule has 8 heteroatoms. The van der Waals surface area contributed by atoms with Crippen LogP contribution in [-0.2, 0) is 0 Å². The van der Waals surface area contributed by atoms with Crippen LogP contribution in [0.25, 0.3) is 0 Å². The van der Waals surface area contributed by atoms with E-state index in [0.717, 1.165) is 19.5 Å². The van der Waals surface area contributed by atoms with E-state index in [-0.39, 0.29) is 5.91 Å². The van der Waals surface area contributed by atoms with Gasteiger partial charge in [-0.25, -0.2) is 9.97 Å². The normalized spacial score (nSPS) is 12.7. The van der Waals surface area contributed by atoms with Crippen molar-refractivity contribution in [3.05, 3.63) is 36.2 Å². The second kappa shape index (κ2) is 8.48. The summed E-state index contributed by atoms with van der Waals surface area (Å²) >= 11 is 0. The average Bonchev–Trinajstić information content (AvgIpc) is 2.65. The van der Waals surface area contributed by atoms with E-state index in [4.69, 9.17) is 9.47 Å². The van der Waals surface area contributed by atoms with Crippen molar-refractivity contribution >= 4 is 17.5 Å². The van der Waals surface area contributed by atoms with Gasteiger partial charge in [0, 0.05) is 24.5 Å². The van der Waals surface area contributed by atoms with Gasteiger partial charge in [-0.1, -0.05) is 0 Å². The van der Waals surface area contributed by atoms with Gasteiger partial charge in [0.05, 0.1) is 0 Å². The Labute approximate surface area is 152 Å². The molecule has 1 aliphatic heterocycles. The molecule has 2 aromatic rings. The molecule has 0 atom stereocenters. The third-order valence-electron chi connectivity index (χ3n) is 3.75. The molecule has 0 radical (unpaired) electrons. The Balaban J connectivity index is 1.60. The van der Waals surface area contributed by atoms with Gasteiger partial charge in [-0.3, -0.25) is 4.79 Å². The van der Waals surface area contributed by atoms with Gasteiger partial charge in [-0.05, 0) is 45.3 Å². The Morgan fingerprint density at radius 3 is 2.81 bits per heavy atom. The lowest BCUT2D eigenvalue weighted by Crippen LogP contribution is -2.18. The standard InChI is InChI=1S/C18H23N5O3/c1-23(2)9-3-7-19-18-20-8-6-14(22-18)17(24)21-13-4-5-15-16(12-13)26-11-10-25-15/h4-6,8,12H,3,7,9-11H2,1-2H3,(H,21,24)(H,19,20,22). The van der Waals surface area contributed by atoms with Crippen molar-refractivity contribution < 1.29 is 14.3 Å². The average molecular weight is 357 g/mol. The van der Waals surface area contributed by atoms with Gasteiger partial charge >= 0.3 is 0 Å². The number of amides is 1. The molecule has 1 amide bonds. The lowest BCUT2D eigenvalue weighted by molar-refractivity contribution is 0.102. The highest BCUT2D eigenvalue weighted by molar-refractivity contribution is 6.03. The zero-order chi connectivity index (χ0) is 18.4. The van der Waals surface area contributed by atoms with E-state index in [1.807, 2.05) is 14.1 Å². The fraction of sp³-hybridized carbons (Fsp3) is 0.389. The SMILES string of the molecule is CN(C)CCCNc1nccc(C(=O)Nc2ccc3c(c2)OCCO3)n1. The van der Waals surface area contributed by atoms with Gasteiger partial charge in [0.1, 0.15) is 18.9 Å². The van der Waals surface area contributed by atoms with Gasteiger partial charge < -0.3 is 25.0 Å². The van der Waals surface area contributed by atoms with Crippen LogP contribution in [0, 0.1) is 0 Å². The highest BCUT2D eigenvalue weighted by atomic mass is 16.6.